The topological polar surface area (TPSA) is 113 Å². The standard InChI is InChI=1S/C26H32N6O/c1-17(2)24-20-10-4-6-12-23(20)32(14-8-7-13-29-26(27)28)25(33)22(31-24)15-18-16-30-21-11-5-3-9-19(18)21/h3-6,9-12,16-17,22,30H,7-8,13-15H2,1-2H3,(H4,27,28,29). The number of aromatic nitrogens is 1. The molecule has 1 aromatic heterocycles. The van der Waals surface area contributed by atoms with Crippen LogP contribution in [-0.4, -0.2) is 41.7 Å². The first-order chi connectivity index (χ1) is 16.0. The highest BCUT2D eigenvalue weighted by Gasteiger charge is 2.32. The summed E-state index contributed by atoms with van der Waals surface area (Å²) in [6.07, 6.45) is 4.15. The predicted molar refractivity (Wildman–Crippen MR) is 136 cm³/mol. The molecule has 0 saturated carbocycles. The first kappa shape index (κ1) is 22.6. The van der Waals surface area contributed by atoms with E-state index in [2.05, 4.69) is 42.0 Å². The van der Waals surface area contributed by atoms with Gasteiger partial charge in [-0.3, -0.25) is 14.8 Å². The molecule has 0 bridgehead atoms. The Hall–Kier alpha value is -3.61. The molecule has 1 aliphatic rings. The number of unbranched alkanes of at least 4 members (excludes halogenated alkanes) is 1. The first-order valence-corrected chi connectivity index (χ1v) is 11.5. The number of anilines is 1. The number of carbonyl (C=O) groups excluding carboxylic acids is 1. The second kappa shape index (κ2) is 9.90. The molecular weight excluding hydrogens is 412 g/mol. The number of amides is 1. The number of aliphatic imine (C=N–C) groups is 2. The number of carbonyl (C=O) groups is 1. The number of para-hydroxylation sites is 2. The quantitative estimate of drug-likeness (QED) is 0.280. The molecule has 2 aromatic carbocycles. The van der Waals surface area contributed by atoms with Crippen molar-refractivity contribution < 1.29 is 4.79 Å². The van der Waals surface area contributed by atoms with E-state index in [-0.39, 0.29) is 17.8 Å². The summed E-state index contributed by atoms with van der Waals surface area (Å²) in [5.74, 6) is 0.330. The van der Waals surface area contributed by atoms with Crippen molar-refractivity contribution in [2.24, 2.45) is 27.4 Å². The van der Waals surface area contributed by atoms with E-state index in [0.717, 1.165) is 46.3 Å². The number of nitrogens with two attached hydrogens (primary N) is 2. The zero-order chi connectivity index (χ0) is 23.4. The fourth-order valence-electron chi connectivity index (χ4n) is 4.44. The number of benzene rings is 2. The third kappa shape index (κ3) is 4.92. The molecule has 7 heteroatoms. The average Bonchev–Trinajstić information content (AvgIpc) is 3.16. The molecule has 5 N–H and O–H groups in total. The third-order valence-electron chi connectivity index (χ3n) is 6.04. The molecule has 1 unspecified atom stereocenters. The molecule has 4 rings (SSSR count). The smallest absolute Gasteiger partial charge is 0.252 e. The van der Waals surface area contributed by atoms with Gasteiger partial charge in [0.05, 0.1) is 5.69 Å². The van der Waals surface area contributed by atoms with E-state index in [1.807, 2.05) is 41.4 Å². The Morgan fingerprint density at radius 3 is 2.67 bits per heavy atom. The molecule has 1 aliphatic heterocycles. The minimum Gasteiger partial charge on any atom is -0.370 e. The van der Waals surface area contributed by atoms with Gasteiger partial charge in [0.25, 0.3) is 5.91 Å². The number of rotatable bonds is 8. The van der Waals surface area contributed by atoms with Gasteiger partial charge in [0.15, 0.2) is 5.96 Å². The molecule has 0 spiro atoms. The number of fused-ring (bicyclic) bond motifs is 2. The van der Waals surface area contributed by atoms with Gasteiger partial charge in [-0.1, -0.05) is 50.2 Å². The Morgan fingerprint density at radius 2 is 1.88 bits per heavy atom. The molecule has 7 nitrogen and oxygen atoms in total. The van der Waals surface area contributed by atoms with E-state index in [9.17, 15) is 4.79 Å². The van der Waals surface area contributed by atoms with Gasteiger partial charge in [0.2, 0.25) is 0 Å². The lowest BCUT2D eigenvalue weighted by Gasteiger charge is -2.25. The Balaban J connectivity index is 1.67. The molecule has 172 valence electrons. The summed E-state index contributed by atoms with van der Waals surface area (Å²) in [7, 11) is 0. The van der Waals surface area contributed by atoms with Crippen molar-refractivity contribution in [3.63, 3.8) is 0 Å². The molecule has 0 aliphatic carbocycles. The Kier molecular flexibility index (Phi) is 6.77. The van der Waals surface area contributed by atoms with E-state index in [1.54, 1.807) is 0 Å². The molecular formula is C26H32N6O. The van der Waals surface area contributed by atoms with E-state index >= 15 is 0 Å². The van der Waals surface area contributed by atoms with Crippen molar-refractivity contribution in [2.75, 3.05) is 18.0 Å². The fraction of sp³-hybridized carbons (Fsp3) is 0.346. The molecule has 0 radical (unpaired) electrons. The summed E-state index contributed by atoms with van der Waals surface area (Å²) in [5.41, 5.74) is 16.0. The maximum absolute atomic E-state index is 13.9. The van der Waals surface area contributed by atoms with Crippen LogP contribution < -0.4 is 16.4 Å². The van der Waals surface area contributed by atoms with Crippen LogP contribution in [-0.2, 0) is 11.2 Å². The summed E-state index contributed by atoms with van der Waals surface area (Å²) < 4.78 is 0. The SMILES string of the molecule is CC(C)C1=NC(Cc2c[nH]c3ccccc23)C(=O)N(CCCCN=C(N)N)c2ccccc21. The lowest BCUT2D eigenvalue weighted by molar-refractivity contribution is -0.119. The lowest BCUT2D eigenvalue weighted by atomic mass is 9.98. The van der Waals surface area contributed by atoms with Crippen molar-refractivity contribution in [2.45, 2.75) is 39.2 Å². The molecule has 2 heterocycles. The van der Waals surface area contributed by atoms with Gasteiger partial charge in [-0.2, -0.15) is 0 Å². The molecule has 0 fully saturated rings. The molecule has 1 amide bonds. The summed E-state index contributed by atoms with van der Waals surface area (Å²) in [6, 6.07) is 15.8. The Labute approximate surface area is 194 Å². The first-order valence-electron chi connectivity index (χ1n) is 11.5. The largest absolute Gasteiger partial charge is 0.370 e. The van der Waals surface area contributed by atoms with Crippen LogP contribution in [0.3, 0.4) is 0 Å². The number of aromatic amines is 1. The molecule has 33 heavy (non-hydrogen) atoms. The number of nitrogens with one attached hydrogen (secondary N) is 1. The van der Waals surface area contributed by atoms with Crippen molar-refractivity contribution in [3.05, 3.63) is 65.9 Å². The number of hydrogen-bond acceptors (Lipinski definition) is 3. The van der Waals surface area contributed by atoms with Gasteiger partial charge in [0, 0.05) is 47.9 Å². The zero-order valence-corrected chi connectivity index (χ0v) is 19.3. The van der Waals surface area contributed by atoms with Gasteiger partial charge < -0.3 is 21.4 Å². The number of hydrogen-bond donors (Lipinski definition) is 3. The van der Waals surface area contributed by atoms with Crippen LogP contribution in [0.15, 0.2) is 64.7 Å². The number of H-pyrrole nitrogens is 1. The van der Waals surface area contributed by atoms with E-state index in [1.165, 1.54) is 0 Å². The van der Waals surface area contributed by atoms with Gasteiger partial charge in [0.1, 0.15) is 6.04 Å². The Morgan fingerprint density at radius 1 is 1.12 bits per heavy atom. The second-order valence-corrected chi connectivity index (χ2v) is 8.77. The minimum absolute atomic E-state index is 0.0326. The molecule has 0 saturated heterocycles. The van der Waals surface area contributed by atoms with Gasteiger partial charge >= 0.3 is 0 Å². The van der Waals surface area contributed by atoms with E-state index in [0.29, 0.717) is 19.5 Å². The van der Waals surface area contributed by atoms with Crippen LogP contribution in [0.25, 0.3) is 10.9 Å². The summed E-state index contributed by atoms with van der Waals surface area (Å²) in [6.45, 7) is 5.42. The van der Waals surface area contributed by atoms with Crippen LogP contribution in [0, 0.1) is 5.92 Å². The number of guanidine groups is 1. The monoisotopic (exact) mass is 444 g/mol. The number of benzodiazepines with no additional fused rings is 1. The van der Waals surface area contributed by atoms with Gasteiger partial charge in [-0.25, -0.2) is 0 Å². The molecule has 3 aromatic rings. The highest BCUT2D eigenvalue weighted by Crippen LogP contribution is 2.30. The second-order valence-electron chi connectivity index (χ2n) is 8.77. The maximum atomic E-state index is 13.9. The molecule has 1 atom stereocenters. The summed E-state index contributed by atoms with van der Waals surface area (Å²) in [5, 5.41) is 1.14. The zero-order valence-electron chi connectivity index (χ0n) is 19.3. The van der Waals surface area contributed by atoms with Crippen molar-refractivity contribution in [1.82, 2.24) is 4.98 Å². The lowest BCUT2D eigenvalue weighted by Crippen LogP contribution is -2.39. The number of nitrogens with zero attached hydrogens (tertiary/aromatic N) is 3. The van der Waals surface area contributed by atoms with Crippen LogP contribution in [0.2, 0.25) is 0 Å². The predicted octanol–water partition coefficient (Wildman–Crippen LogP) is 3.62. The van der Waals surface area contributed by atoms with Crippen LogP contribution in [0.4, 0.5) is 5.69 Å². The highest BCUT2D eigenvalue weighted by atomic mass is 16.2. The maximum Gasteiger partial charge on any atom is 0.252 e. The third-order valence-corrected chi connectivity index (χ3v) is 6.04. The van der Waals surface area contributed by atoms with Crippen molar-refractivity contribution >= 4 is 34.2 Å². The summed E-state index contributed by atoms with van der Waals surface area (Å²) >= 11 is 0. The van der Waals surface area contributed by atoms with E-state index < -0.39 is 6.04 Å². The Bertz CT molecular complexity index is 1190. The van der Waals surface area contributed by atoms with Crippen LogP contribution >= 0.6 is 0 Å². The highest BCUT2D eigenvalue weighted by molar-refractivity contribution is 6.13. The normalized spacial score (nSPS) is 16.0. The van der Waals surface area contributed by atoms with Gasteiger partial charge in [-0.15, -0.1) is 0 Å². The minimum atomic E-state index is -0.480. The van der Waals surface area contributed by atoms with Crippen LogP contribution in [0.5, 0.6) is 0 Å². The van der Waals surface area contributed by atoms with Crippen molar-refractivity contribution in [3.8, 4) is 0 Å². The fourth-order valence-corrected chi connectivity index (χ4v) is 4.44. The van der Waals surface area contributed by atoms with Gasteiger partial charge in [-0.05, 0) is 36.5 Å². The summed E-state index contributed by atoms with van der Waals surface area (Å²) in [4.78, 5) is 28.2. The van der Waals surface area contributed by atoms with E-state index in [4.69, 9.17) is 16.5 Å². The van der Waals surface area contributed by atoms with Crippen LogP contribution in [0.1, 0.15) is 37.8 Å². The van der Waals surface area contributed by atoms with Crippen molar-refractivity contribution in [1.29, 1.82) is 0 Å². The average molecular weight is 445 g/mol.